The van der Waals surface area contributed by atoms with Gasteiger partial charge in [0.15, 0.2) is 0 Å². The minimum Gasteiger partial charge on any atom is -0.382 e. The molecule has 4 aliphatic carbocycles. The van der Waals surface area contributed by atoms with Crippen molar-refractivity contribution in [2.75, 3.05) is 5.73 Å². The first kappa shape index (κ1) is 9.98. The lowest BCUT2D eigenvalue weighted by Crippen LogP contribution is -2.49. The number of nitrogens with one attached hydrogen (secondary N) is 1. The third-order valence-electron chi connectivity index (χ3n) is 5.42. The number of anilines is 1. The summed E-state index contributed by atoms with van der Waals surface area (Å²) in [4.78, 5) is 7.86. The van der Waals surface area contributed by atoms with Crippen molar-refractivity contribution in [2.45, 2.75) is 50.9 Å². The summed E-state index contributed by atoms with van der Waals surface area (Å²) in [6.45, 7) is 2.01. The second-order valence-electron chi connectivity index (χ2n) is 6.78. The van der Waals surface area contributed by atoms with E-state index in [1.54, 1.807) is 0 Å². The first-order valence-electron chi connectivity index (χ1n) is 6.97. The van der Waals surface area contributed by atoms with Crippen molar-refractivity contribution in [1.29, 1.82) is 0 Å². The summed E-state index contributed by atoms with van der Waals surface area (Å²) in [7, 11) is 0. The van der Waals surface area contributed by atoms with E-state index in [1.807, 2.05) is 6.92 Å². The maximum Gasteiger partial charge on any atom is 0.145 e. The molecule has 0 aromatic carbocycles. The normalized spacial score (nSPS) is 43.2. The minimum atomic E-state index is 0.361. The Balaban J connectivity index is 1.79. The van der Waals surface area contributed by atoms with Crippen molar-refractivity contribution >= 4 is 5.82 Å². The summed E-state index contributed by atoms with van der Waals surface area (Å²) >= 11 is 0. The molecule has 1 heterocycles. The van der Waals surface area contributed by atoms with Crippen molar-refractivity contribution in [3.8, 4) is 0 Å². The van der Waals surface area contributed by atoms with Gasteiger partial charge < -0.3 is 10.7 Å². The number of hydrogen-bond donors (Lipinski definition) is 2. The number of nitrogen functional groups attached to an aromatic ring is 1. The van der Waals surface area contributed by atoms with Gasteiger partial charge in [0.25, 0.3) is 0 Å². The highest BCUT2D eigenvalue weighted by Crippen LogP contribution is 2.61. The van der Waals surface area contributed by atoms with E-state index < -0.39 is 0 Å². The Kier molecular flexibility index (Phi) is 1.80. The fourth-order valence-corrected chi connectivity index (χ4v) is 5.33. The van der Waals surface area contributed by atoms with Crippen LogP contribution in [0.1, 0.15) is 50.0 Å². The molecule has 3 N–H and O–H groups in total. The maximum absolute atomic E-state index is 6.12. The number of nitrogens with zero attached hydrogens (tertiary/aromatic N) is 1. The van der Waals surface area contributed by atoms with Crippen molar-refractivity contribution in [2.24, 2.45) is 17.8 Å². The maximum atomic E-state index is 6.12. The zero-order chi connectivity index (χ0) is 11.6. The van der Waals surface area contributed by atoms with Gasteiger partial charge in [0.05, 0.1) is 5.69 Å². The van der Waals surface area contributed by atoms with Gasteiger partial charge in [-0.25, -0.2) is 4.98 Å². The van der Waals surface area contributed by atoms with Gasteiger partial charge in [-0.1, -0.05) is 0 Å². The second kappa shape index (κ2) is 3.06. The molecule has 0 radical (unpaired) electrons. The van der Waals surface area contributed by atoms with E-state index in [-0.39, 0.29) is 0 Å². The van der Waals surface area contributed by atoms with Crippen LogP contribution in [0.2, 0.25) is 0 Å². The summed E-state index contributed by atoms with van der Waals surface area (Å²) < 4.78 is 0. The van der Waals surface area contributed by atoms with Crippen LogP contribution < -0.4 is 5.73 Å². The Morgan fingerprint density at radius 2 is 1.65 bits per heavy atom. The monoisotopic (exact) mass is 231 g/mol. The third kappa shape index (κ3) is 1.31. The van der Waals surface area contributed by atoms with Crippen molar-refractivity contribution in [1.82, 2.24) is 9.97 Å². The number of aromatic nitrogens is 2. The number of nitrogens with two attached hydrogens (primary N) is 1. The van der Waals surface area contributed by atoms with E-state index in [2.05, 4.69) is 9.97 Å². The highest BCUT2D eigenvalue weighted by molar-refractivity contribution is 5.42. The van der Waals surface area contributed by atoms with Gasteiger partial charge in [-0.15, -0.1) is 0 Å². The van der Waals surface area contributed by atoms with Gasteiger partial charge in [0.1, 0.15) is 11.6 Å². The van der Waals surface area contributed by atoms with Crippen molar-refractivity contribution in [3.63, 3.8) is 0 Å². The Bertz CT molecular complexity index is 425. The molecule has 3 heteroatoms. The van der Waals surface area contributed by atoms with E-state index in [1.165, 1.54) is 44.2 Å². The van der Waals surface area contributed by atoms with Crippen molar-refractivity contribution < 1.29 is 0 Å². The molecule has 4 bridgehead atoms. The van der Waals surface area contributed by atoms with Crippen LogP contribution in [0.4, 0.5) is 5.82 Å². The number of rotatable bonds is 1. The summed E-state index contributed by atoms with van der Waals surface area (Å²) in [5, 5.41) is 0. The summed E-state index contributed by atoms with van der Waals surface area (Å²) in [5.41, 5.74) is 7.75. The lowest BCUT2D eigenvalue weighted by atomic mass is 9.49. The SMILES string of the molecule is Cc1nc(N)c(C23CC4CC(CC(C4)C2)C3)[nH]1. The van der Waals surface area contributed by atoms with Crippen LogP contribution >= 0.6 is 0 Å². The molecule has 0 atom stereocenters. The lowest BCUT2D eigenvalue weighted by Gasteiger charge is -2.56. The van der Waals surface area contributed by atoms with Gasteiger partial charge in [-0.05, 0) is 63.2 Å². The predicted molar refractivity (Wildman–Crippen MR) is 67.6 cm³/mol. The first-order valence-corrected chi connectivity index (χ1v) is 6.97. The molecule has 0 unspecified atom stereocenters. The van der Waals surface area contributed by atoms with Gasteiger partial charge in [-0.3, -0.25) is 0 Å². The van der Waals surface area contributed by atoms with Gasteiger partial charge in [-0.2, -0.15) is 0 Å². The number of H-pyrrole nitrogens is 1. The van der Waals surface area contributed by atoms with E-state index in [0.29, 0.717) is 5.41 Å². The topological polar surface area (TPSA) is 54.7 Å². The van der Waals surface area contributed by atoms with Gasteiger partial charge >= 0.3 is 0 Å². The molecule has 92 valence electrons. The van der Waals surface area contributed by atoms with Gasteiger partial charge in [0, 0.05) is 5.41 Å². The molecule has 0 aliphatic heterocycles. The van der Waals surface area contributed by atoms with Crippen LogP contribution in [0.25, 0.3) is 0 Å². The van der Waals surface area contributed by atoms with E-state index in [0.717, 1.165) is 29.4 Å². The van der Waals surface area contributed by atoms with Crippen LogP contribution in [0.15, 0.2) is 0 Å². The molecule has 4 saturated carbocycles. The standard InChI is InChI=1S/C14H21N3/c1-8-16-12(13(15)17-8)14-5-9-2-10(6-14)4-11(3-9)7-14/h9-11H,2-7,15H2,1H3,(H,16,17). The molecule has 1 aromatic heterocycles. The molecule has 0 amide bonds. The molecular weight excluding hydrogens is 210 g/mol. The zero-order valence-electron chi connectivity index (χ0n) is 10.5. The highest BCUT2D eigenvalue weighted by atomic mass is 15.0. The largest absolute Gasteiger partial charge is 0.382 e. The van der Waals surface area contributed by atoms with Crippen LogP contribution in [0, 0.1) is 24.7 Å². The average molecular weight is 231 g/mol. The molecule has 4 aliphatic rings. The lowest BCUT2D eigenvalue weighted by molar-refractivity contribution is -0.00667. The van der Waals surface area contributed by atoms with E-state index >= 15 is 0 Å². The molecule has 5 rings (SSSR count). The van der Waals surface area contributed by atoms with Gasteiger partial charge in [0.2, 0.25) is 0 Å². The fourth-order valence-electron chi connectivity index (χ4n) is 5.33. The Morgan fingerprint density at radius 1 is 1.12 bits per heavy atom. The first-order chi connectivity index (χ1) is 8.14. The zero-order valence-corrected chi connectivity index (χ0v) is 10.5. The molecule has 0 saturated heterocycles. The third-order valence-corrected chi connectivity index (χ3v) is 5.42. The number of aromatic amines is 1. The van der Waals surface area contributed by atoms with E-state index in [4.69, 9.17) is 5.73 Å². The molecule has 3 nitrogen and oxygen atoms in total. The smallest absolute Gasteiger partial charge is 0.145 e. The second-order valence-corrected chi connectivity index (χ2v) is 6.78. The summed E-state index contributed by atoms with van der Waals surface area (Å²) in [6, 6.07) is 0. The van der Waals surface area contributed by atoms with Crippen LogP contribution in [-0.2, 0) is 5.41 Å². The Hall–Kier alpha value is -0.990. The molecule has 0 spiro atoms. The van der Waals surface area contributed by atoms with Crippen LogP contribution in [0.5, 0.6) is 0 Å². The van der Waals surface area contributed by atoms with Crippen molar-refractivity contribution in [3.05, 3.63) is 11.5 Å². The van der Waals surface area contributed by atoms with Crippen LogP contribution in [-0.4, -0.2) is 9.97 Å². The number of hydrogen-bond acceptors (Lipinski definition) is 2. The molecular formula is C14H21N3. The Morgan fingerprint density at radius 3 is 2.06 bits per heavy atom. The minimum absolute atomic E-state index is 0.361. The molecule has 17 heavy (non-hydrogen) atoms. The summed E-state index contributed by atoms with van der Waals surface area (Å²) in [5.74, 6) is 4.63. The summed E-state index contributed by atoms with van der Waals surface area (Å²) in [6.07, 6.45) is 8.49. The molecule has 1 aromatic rings. The van der Waals surface area contributed by atoms with E-state index in [9.17, 15) is 0 Å². The average Bonchev–Trinajstić information content (AvgIpc) is 2.56. The molecule has 4 fully saturated rings. The number of aryl methyl sites for hydroxylation is 1. The fraction of sp³-hybridized carbons (Fsp3) is 0.786. The predicted octanol–water partition coefficient (Wildman–Crippen LogP) is 2.77. The Labute approximate surface area is 102 Å². The highest BCUT2D eigenvalue weighted by Gasteiger charge is 2.53. The van der Waals surface area contributed by atoms with Crippen LogP contribution in [0.3, 0.4) is 0 Å². The number of imidazole rings is 1. The quantitative estimate of drug-likeness (QED) is 0.781.